The second-order valence-corrected chi connectivity index (χ2v) is 4.51. The summed E-state index contributed by atoms with van der Waals surface area (Å²) in [5.74, 6) is 2.96. The van der Waals surface area contributed by atoms with Crippen molar-refractivity contribution in [2.75, 3.05) is 21.3 Å². The molecule has 6 nitrogen and oxygen atoms in total. The number of ether oxygens (including phenoxy) is 2. The van der Waals surface area contributed by atoms with E-state index in [1.165, 1.54) is 0 Å². The quantitative estimate of drug-likeness (QED) is 0.632. The summed E-state index contributed by atoms with van der Waals surface area (Å²) in [6.45, 7) is 1.14. The predicted octanol–water partition coefficient (Wildman–Crippen LogP) is 2.16. The zero-order valence-electron chi connectivity index (χ0n) is 13.1. The number of nitrogens with zero attached hydrogens (tertiary/aromatic N) is 1. The van der Waals surface area contributed by atoms with Crippen molar-refractivity contribution < 1.29 is 13.9 Å². The maximum Gasteiger partial charge on any atom is 0.191 e. The third kappa shape index (κ3) is 3.94. The molecule has 0 unspecified atom stereocenters. The van der Waals surface area contributed by atoms with Gasteiger partial charge in [-0.2, -0.15) is 0 Å². The number of methoxy groups -OCH3 is 2. The Hall–Kier alpha value is -2.63. The molecule has 1 aromatic heterocycles. The van der Waals surface area contributed by atoms with Crippen LogP contribution in [0.4, 0.5) is 0 Å². The first-order chi connectivity index (χ1) is 10.8. The summed E-state index contributed by atoms with van der Waals surface area (Å²) in [6, 6.07) is 9.54. The van der Waals surface area contributed by atoms with Gasteiger partial charge in [-0.05, 0) is 18.2 Å². The highest BCUT2D eigenvalue weighted by Crippen LogP contribution is 2.30. The van der Waals surface area contributed by atoms with Gasteiger partial charge in [0.25, 0.3) is 0 Å². The summed E-state index contributed by atoms with van der Waals surface area (Å²) in [5.41, 5.74) is 0.989. The molecule has 0 fully saturated rings. The summed E-state index contributed by atoms with van der Waals surface area (Å²) >= 11 is 0. The first kappa shape index (κ1) is 15.8. The standard InChI is InChI=1S/C16H21N3O3/c1-17-16(19-11-13-7-5-9-22-13)18-10-12-6-4-8-14(20-2)15(12)21-3/h4-9H,10-11H2,1-3H3,(H2,17,18,19). The smallest absolute Gasteiger partial charge is 0.191 e. The Morgan fingerprint density at radius 3 is 2.55 bits per heavy atom. The molecule has 2 rings (SSSR count). The molecule has 0 radical (unpaired) electrons. The summed E-state index contributed by atoms with van der Waals surface area (Å²) in [4.78, 5) is 4.18. The van der Waals surface area contributed by atoms with Crippen LogP contribution in [0.5, 0.6) is 11.5 Å². The predicted molar refractivity (Wildman–Crippen MR) is 85.3 cm³/mol. The van der Waals surface area contributed by atoms with Crippen molar-refractivity contribution in [2.45, 2.75) is 13.1 Å². The van der Waals surface area contributed by atoms with E-state index in [1.54, 1.807) is 27.5 Å². The van der Waals surface area contributed by atoms with Crippen LogP contribution in [0.15, 0.2) is 46.0 Å². The molecule has 2 N–H and O–H groups in total. The highest BCUT2D eigenvalue weighted by molar-refractivity contribution is 5.79. The van der Waals surface area contributed by atoms with E-state index in [9.17, 15) is 0 Å². The lowest BCUT2D eigenvalue weighted by atomic mass is 10.2. The molecular formula is C16H21N3O3. The molecular weight excluding hydrogens is 282 g/mol. The fourth-order valence-corrected chi connectivity index (χ4v) is 2.08. The van der Waals surface area contributed by atoms with Gasteiger partial charge in [0.2, 0.25) is 0 Å². The van der Waals surface area contributed by atoms with Crippen molar-refractivity contribution in [1.29, 1.82) is 0 Å². The Labute approximate surface area is 130 Å². The topological polar surface area (TPSA) is 68.0 Å². The van der Waals surface area contributed by atoms with Crippen LogP contribution in [-0.2, 0) is 13.1 Å². The molecule has 22 heavy (non-hydrogen) atoms. The molecule has 1 heterocycles. The number of para-hydroxylation sites is 1. The normalized spacial score (nSPS) is 11.1. The summed E-state index contributed by atoms with van der Waals surface area (Å²) in [7, 11) is 4.98. The largest absolute Gasteiger partial charge is 0.493 e. The fraction of sp³-hybridized carbons (Fsp3) is 0.312. The minimum Gasteiger partial charge on any atom is -0.493 e. The first-order valence-electron chi connectivity index (χ1n) is 6.95. The monoisotopic (exact) mass is 303 g/mol. The number of hydrogen-bond acceptors (Lipinski definition) is 4. The molecule has 0 atom stereocenters. The number of guanidine groups is 1. The zero-order chi connectivity index (χ0) is 15.8. The molecule has 118 valence electrons. The highest BCUT2D eigenvalue weighted by Gasteiger charge is 2.09. The van der Waals surface area contributed by atoms with Gasteiger partial charge in [-0.25, -0.2) is 0 Å². The lowest BCUT2D eigenvalue weighted by molar-refractivity contribution is 0.351. The minimum absolute atomic E-state index is 0.568. The molecule has 0 saturated heterocycles. The Morgan fingerprint density at radius 1 is 1.09 bits per heavy atom. The maximum atomic E-state index is 5.41. The SMILES string of the molecule is CN=C(NCc1ccco1)NCc1cccc(OC)c1OC. The number of aliphatic imine (C=N–C) groups is 1. The maximum absolute atomic E-state index is 5.41. The van der Waals surface area contributed by atoms with Gasteiger partial charge in [0.1, 0.15) is 5.76 Å². The number of rotatable bonds is 6. The van der Waals surface area contributed by atoms with E-state index in [2.05, 4.69) is 15.6 Å². The molecule has 6 heteroatoms. The van der Waals surface area contributed by atoms with Crippen molar-refractivity contribution in [3.8, 4) is 11.5 Å². The van der Waals surface area contributed by atoms with Gasteiger partial charge >= 0.3 is 0 Å². The van der Waals surface area contributed by atoms with Crippen molar-refractivity contribution in [3.63, 3.8) is 0 Å². The number of nitrogens with one attached hydrogen (secondary N) is 2. The summed E-state index contributed by atoms with van der Waals surface area (Å²) in [5, 5.41) is 6.42. The van der Waals surface area contributed by atoms with Crippen LogP contribution in [0.3, 0.4) is 0 Å². The average molecular weight is 303 g/mol. The molecule has 0 saturated carbocycles. The van der Waals surface area contributed by atoms with Gasteiger partial charge in [-0.1, -0.05) is 12.1 Å². The lowest BCUT2D eigenvalue weighted by Gasteiger charge is -2.15. The summed E-state index contributed by atoms with van der Waals surface area (Å²) < 4.78 is 16.0. The van der Waals surface area contributed by atoms with E-state index >= 15 is 0 Å². The van der Waals surface area contributed by atoms with Crippen molar-refractivity contribution in [1.82, 2.24) is 10.6 Å². The van der Waals surface area contributed by atoms with E-state index < -0.39 is 0 Å². The molecule has 0 bridgehead atoms. The van der Waals surface area contributed by atoms with Crippen LogP contribution in [0.1, 0.15) is 11.3 Å². The molecule has 2 aromatic rings. The zero-order valence-corrected chi connectivity index (χ0v) is 13.1. The van der Waals surface area contributed by atoms with Crippen molar-refractivity contribution in [3.05, 3.63) is 47.9 Å². The number of hydrogen-bond donors (Lipinski definition) is 2. The van der Waals surface area contributed by atoms with Crippen LogP contribution in [0.2, 0.25) is 0 Å². The Balaban J connectivity index is 1.96. The second-order valence-electron chi connectivity index (χ2n) is 4.51. The average Bonchev–Trinajstić information content (AvgIpc) is 3.08. The van der Waals surface area contributed by atoms with Gasteiger partial charge in [0.05, 0.1) is 27.0 Å². The fourth-order valence-electron chi connectivity index (χ4n) is 2.08. The van der Waals surface area contributed by atoms with Crippen LogP contribution in [-0.4, -0.2) is 27.2 Å². The van der Waals surface area contributed by atoms with E-state index in [1.807, 2.05) is 30.3 Å². The molecule has 0 spiro atoms. The van der Waals surface area contributed by atoms with Gasteiger partial charge in [-0.3, -0.25) is 4.99 Å². The van der Waals surface area contributed by atoms with Crippen LogP contribution in [0.25, 0.3) is 0 Å². The molecule has 0 amide bonds. The van der Waals surface area contributed by atoms with Gasteiger partial charge < -0.3 is 24.5 Å². The number of benzene rings is 1. The van der Waals surface area contributed by atoms with Crippen LogP contribution in [0, 0.1) is 0 Å². The van der Waals surface area contributed by atoms with E-state index in [0.717, 1.165) is 17.1 Å². The summed E-state index contributed by atoms with van der Waals surface area (Å²) in [6.07, 6.45) is 1.65. The van der Waals surface area contributed by atoms with E-state index in [0.29, 0.717) is 24.8 Å². The second kappa shape index (κ2) is 7.97. The van der Waals surface area contributed by atoms with Gasteiger partial charge in [0.15, 0.2) is 17.5 Å². The van der Waals surface area contributed by atoms with E-state index in [4.69, 9.17) is 13.9 Å². The van der Waals surface area contributed by atoms with Gasteiger partial charge in [-0.15, -0.1) is 0 Å². The third-order valence-electron chi connectivity index (χ3n) is 3.16. The van der Waals surface area contributed by atoms with Crippen LogP contribution >= 0.6 is 0 Å². The van der Waals surface area contributed by atoms with E-state index in [-0.39, 0.29) is 0 Å². The Bertz CT molecular complexity index is 609. The Morgan fingerprint density at radius 2 is 1.91 bits per heavy atom. The number of furan rings is 1. The Kier molecular flexibility index (Phi) is 5.71. The van der Waals surface area contributed by atoms with Crippen LogP contribution < -0.4 is 20.1 Å². The third-order valence-corrected chi connectivity index (χ3v) is 3.16. The first-order valence-corrected chi connectivity index (χ1v) is 6.95. The minimum atomic E-state index is 0.568. The van der Waals surface area contributed by atoms with Crippen molar-refractivity contribution >= 4 is 5.96 Å². The lowest BCUT2D eigenvalue weighted by Crippen LogP contribution is -2.36. The molecule has 0 aliphatic heterocycles. The molecule has 0 aliphatic carbocycles. The molecule has 1 aromatic carbocycles. The molecule has 0 aliphatic rings. The van der Waals surface area contributed by atoms with Gasteiger partial charge in [0, 0.05) is 19.2 Å². The van der Waals surface area contributed by atoms with Crippen molar-refractivity contribution in [2.24, 2.45) is 4.99 Å². The highest BCUT2D eigenvalue weighted by atomic mass is 16.5.